The number of thiazole rings is 1. The Morgan fingerprint density at radius 1 is 1.40 bits per heavy atom. The van der Waals surface area contributed by atoms with Crippen LogP contribution in [0.4, 0.5) is 0 Å². The molecule has 2 aromatic rings. The largest absolute Gasteiger partial charge is 0.478 e. The first-order chi connectivity index (χ1) is 9.52. The quantitative estimate of drug-likeness (QED) is 0.876. The molecule has 0 spiro atoms. The second kappa shape index (κ2) is 5.83. The van der Waals surface area contributed by atoms with Crippen molar-refractivity contribution in [3.63, 3.8) is 0 Å². The summed E-state index contributed by atoms with van der Waals surface area (Å²) in [5.41, 5.74) is 1.45. The first kappa shape index (κ1) is 14.2. The molecule has 0 bridgehead atoms. The molecule has 2 rings (SSSR count). The molecule has 1 N–H and O–H groups in total. The van der Waals surface area contributed by atoms with Crippen LogP contribution in [0, 0.1) is 6.92 Å². The third-order valence-electron chi connectivity index (χ3n) is 2.61. The van der Waals surface area contributed by atoms with Crippen LogP contribution < -0.4 is 0 Å². The lowest BCUT2D eigenvalue weighted by Gasteiger charge is -1.98. The van der Waals surface area contributed by atoms with Crippen molar-refractivity contribution >= 4 is 23.3 Å². The molecule has 0 atom stereocenters. The van der Waals surface area contributed by atoms with Crippen LogP contribution in [0.15, 0.2) is 24.3 Å². The van der Waals surface area contributed by atoms with E-state index in [4.69, 9.17) is 9.84 Å². The van der Waals surface area contributed by atoms with E-state index in [1.807, 2.05) is 0 Å². The monoisotopic (exact) mass is 291 g/mol. The molecule has 5 nitrogen and oxygen atoms in total. The van der Waals surface area contributed by atoms with E-state index in [1.54, 1.807) is 26.0 Å². The van der Waals surface area contributed by atoms with Crippen molar-refractivity contribution in [3.05, 3.63) is 40.4 Å². The highest BCUT2D eigenvalue weighted by Crippen LogP contribution is 2.29. The van der Waals surface area contributed by atoms with E-state index in [9.17, 15) is 9.59 Å². The van der Waals surface area contributed by atoms with E-state index < -0.39 is 11.9 Å². The molecule has 6 heteroatoms. The van der Waals surface area contributed by atoms with Crippen molar-refractivity contribution in [1.82, 2.24) is 4.98 Å². The molecule has 0 amide bonds. The first-order valence-electron chi connectivity index (χ1n) is 6.01. The highest BCUT2D eigenvalue weighted by Gasteiger charge is 2.17. The highest BCUT2D eigenvalue weighted by atomic mass is 32.1. The maximum atomic E-state index is 11.7. The van der Waals surface area contributed by atoms with Crippen molar-refractivity contribution in [2.75, 3.05) is 6.61 Å². The zero-order valence-electron chi connectivity index (χ0n) is 11.0. The molecular weight excluding hydrogens is 278 g/mol. The van der Waals surface area contributed by atoms with Gasteiger partial charge in [-0.25, -0.2) is 14.6 Å². The summed E-state index contributed by atoms with van der Waals surface area (Å²) < 4.78 is 4.96. The number of nitrogens with zero attached hydrogens (tertiary/aromatic N) is 1. The van der Waals surface area contributed by atoms with Crippen LogP contribution in [0.2, 0.25) is 0 Å². The van der Waals surface area contributed by atoms with Gasteiger partial charge in [0.05, 0.1) is 17.9 Å². The SMILES string of the molecule is CCOC(=O)c1sc(-c2cccc(C(=O)O)c2)nc1C. The van der Waals surface area contributed by atoms with Crippen molar-refractivity contribution in [2.45, 2.75) is 13.8 Å². The maximum absolute atomic E-state index is 11.7. The number of ether oxygens (including phenoxy) is 1. The molecule has 0 unspecified atom stereocenters. The average molecular weight is 291 g/mol. The Morgan fingerprint density at radius 3 is 2.80 bits per heavy atom. The summed E-state index contributed by atoms with van der Waals surface area (Å²) in [5.74, 6) is -1.39. The lowest BCUT2D eigenvalue weighted by molar-refractivity contribution is 0.0530. The van der Waals surface area contributed by atoms with E-state index >= 15 is 0 Å². The molecule has 1 aromatic heterocycles. The Balaban J connectivity index is 2.39. The van der Waals surface area contributed by atoms with Gasteiger partial charge in [-0.15, -0.1) is 11.3 Å². The molecule has 0 aliphatic rings. The van der Waals surface area contributed by atoms with Gasteiger partial charge in [-0.1, -0.05) is 12.1 Å². The van der Waals surface area contributed by atoms with Crippen LogP contribution in [0.25, 0.3) is 10.6 Å². The van der Waals surface area contributed by atoms with Gasteiger partial charge in [-0.05, 0) is 26.0 Å². The number of benzene rings is 1. The maximum Gasteiger partial charge on any atom is 0.350 e. The highest BCUT2D eigenvalue weighted by molar-refractivity contribution is 7.17. The van der Waals surface area contributed by atoms with E-state index in [0.717, 1.165) is 0 Å². The number of carboxylic acid groups (broad SMARTS) is 1. The first-order valence-corrected chi connectivity index (χ1v) is 6.83. The van der Waals surface area contributed by atoms with Gasteiger partial charge >= 0.3 is 11.9 Å². The topological polar surface area (TPSA) is 76.5 Å². The Labute approximate surface area is 119 Å². The number of hydrogen-bond donors (Lipinski definition) is 1. The van der Waals surface area contributed by atoms with E-state index in [0.29, 0.717) is 27.7 Å². The predicted octanol–water partition coefficient (Wildman–Crippen LogP) is 2.99. The Morgan fingerprint density at radius 2 is 2.15 bits per heavy atom. The number of aromatic carboxylic acids is 1. The Bertz CT molecular complexity index is 663. The zero-order valence-corrected chi connectivity index (χ0v) is 11.9. The lowest BCUT2D eigenvalue weighted by Crippen LogP contribution is -2.03. The van der Waals surface area contributed by atoms with E-state index in [2.05, 4.69) is 4.98 Å². The standard InChI is InChI=1S/C14H13NO4S/c1-3-19-14(18)11-8(2)15-12(20-11)9-5-4-6-10(7-9)13(16)17/h4-7H,3H2,1-2H3,(H,16,17). The fourth-order valence-corrected chi connectivity index (χ4v) is 2.65. The fourth-order valence-electron chi connectivity index (χ4n) is 1.69. The van der Waals surface area contributed by atoms with Gasteiger partial charge in [-0.3, -0.25) is 0 Å². The van der Waals surface area contributed by atoms with Crippen LogP contribution in [0.3, 0.4) is 0 Å². The molecule has 1 heterocycles. The molecule has 20 heavy (non-hydrogen) atoms. The van der Waals surface area contributed by atoms with Gasteiger partial charge in [0.2, 0.25) is 0 Å². The van der Waals surface area contributed by atoms with Crippen molar-refractivity contribution < 1.29 is 19.4 Å². The van der Waals surface area contributed by atoms with Gasteiger partial charge in [0.15, 0.2) is 0 Å². The molecule has 0 saturated carbocycles. The fraction of sp³-hybridized carbons (Fsp3) is 0.214. The summed E-state index contributed by atoms with van der Waals surface area (Å²) in [6.45, 7) is 3.78. The van der Waals surface area contributed by atoms with E-state index in [-0.39, 0.29) is 5.56 Å². The minimum absolute atomic E-state index is 0.188. The number of carboxylic acids is 1. The Hall–Kier alpha value is -2.21. The van der Waals surface area contributed by atoms with Crippen LogP contribution in [0.1, 0.15) is 32.6 Å². The molecule has 0 saturated heterocycles. The molecule has 104 valence electrons. The zero-order chi connectivity index (χ0) is 14.7. The summed E-state index contributed by atoms with van der Waals surface area (Å²) in [4.78, 5) is 27.5. The summed E-state index contributed by atoms with van der Waals surface area (Å²) >= 11 is 1.20. The predicted molar refractivity (Wildman–Crippen MR) is 75.2 cm³/mol. The van der Waals surface area contributed by atoms with Gasteiger partial charge in [-0.2, -0.15) is 0 Å². The number of carbonyl (C=O) groups is 2. The summed E-state index contributed by atoms with van der Waals surface area (Å²) in [7, 11) is 0. The molecular formula is C14H13NO4S. The second-order valence-electron chi connectivity index (χ2n) is 4.04. The second-order valence-corrected chi connectivity index (χ2v) is 5.04. The van der Waals surface area contributed by atoms with Crippen LogP contribution in [-0.4, -0.2) is 28.6 Å². The number of rotatable bonds is 4. The number of aromatic nitrogens is 1. The van der Waals surface area contributed by atoms with Gasteiger partial charge < -0.3 is 9.84 Å². The van der Waals surface area contributed by atoms with Crippen molar-refractivity contribution in [1.29, 1.82) is 0 Å². The summed E-state index contributed by atoms with van der Waals surface area (Å²) in [6, 6.07) is 6.47. The van der Waals surface area contributed by atoms with Crippen LogP contribution >= 0.6 is 11.3 Å². The van der Waals surface area contributed by atoms with Crippen LogP contribution in [-0.2, 0) is 4.74 Å². The molecule has 0 fully saturated rings. The van der Waals surface area contributed by atoms with Crippen molar-refractivity contribution in [3.8, 4) is 10.6 Å². The smallest absolute Gasteiger partial charge is 0.350 e. The normalized spacial score (nSPS) is 10.3. The lowest BCUT2D eigenvalue weighted by atomic mass is 10.1. The minimum atomic E-state index is -0.995. The molecule has 0 radical (unpaired) electrons. The van der Waals surface area contributed by atoms with Gasteiger partial charge in [0.25, 0.3) is 0 Å². The van der Waals surface area contributed by atoms with Gasteiger partial charge in [0.1, 0.15) is 9.88 Å². The van der Waals surface area contributed by atoms with Crippen molar-refractivity contribution in [2.24, 2.45) is 0 Å². The number of esters is 1. The molecule has 0 aliphatic heterocycles. The molecule has 1 aromatic carbocycles. The molecule has 0 aliphatic carbocycles. The average Bonchev–Trinajstić information content (AvgIpc) is 2.81. The van der Waals surface area contributed by atoms with Gasteiger partial charge in [0, 0.05) is 5.56 Å². The van der Waals surface area contributed by atoms with Crippen LogP contribution in [0.5, 0.6) is 0 Å². The summed E-state index contributed by atoms with van der Waals surface area (Å²) in [5, 5.41) is 9.59. The minimum Gasteiger partial charge on any atom is -0.478 e. The third-order valence-corrected chi connectivity index (χ3v) is 3.80. The summed E-state index contributed by atoms with van der Waals surface area (Å²) in [6.07, 6.45) is 0. The number of aryl methyl sites for hydroxylation is 1. The Kier molecular flexibility index (Phi) is 4.14. The van der Waals surface area contributed by atoms with E-state index in [1.165, 1.54) is 23.5 Å². The number of carbonyl (C=O) groups excluding carboxylic acids is 1. The third kappa shape index (κ3) is 2.85. The number of hydrogen-bond acceptors (Lipinski definition) is 5.